The van der Waals surface area contributed by atoms with Crippen LogP contribution in [0.2, 0.25) is 0 Å². The molecule has 2 fully saturated rings. The number of piperidine rings is 2. The lowest BCUT2D eigenvalue weighted by molar-refractivity contribution is -0.164. The van der Waals surface area contributed by atoms with Crippen molar-refractivity contribution in [1.82, 2.24) is 15.1 Å². The number of likely N-dealkylation sites (tertiary alicyclic amines) is 1. The lowest BCUT2D eigenvalue weighted by Crippen LogP contribution is -2.62. The maximum Gasteiger partial charge on any atom is 0.329 e. The Morgan fingerprint density at radius 2 is 1.42 bits per heavy atom. The fraction of sp³-hybridized carbons (Fsp3) is 0.548. The van der Waals surface area contributed by atoms with Crippen LogP contribution in [-0.4, -0.2) is 147 Å². The summed E-state index contributed by atoms with van der Waals surface area (Å²) in [5.74, 6) is -3.83. The topological polar surface area (TPSA) is 266 Å². The molecule has 6 amide bonds. The van der Waals surface area contributed by atoms with Crippen LogP contribution < -0.4 is 24.8 Å². The van der Waals surface area contributed by atoms with Crippen molar-refractivity contribution in [2.24, 2.45) is 5.41 Å². The van der Waals surface area contributed by atoms with Gasteiger partial charge in [0.25, 0.3) is 23.6 Å². The van der Waals surface area contributed by atoms with E-state index in [-0.39, 0.29) is 79.6 Å². The van der Waals surface area contributed by atoms with Gasteiger partial charge in [-0.05, 0) is 125 Å². The largest absolute Gasteiger partial charge is 0.493 e. The maximum atomic E-state index is 14.1. The molecule has 0 bridgehead atoms. The fourth-order valence-electron chi connectivity index (χ4n) is 9.92. The summed E-state index contributed by atoms with van der Waals surface area (Å²) in [6.07, 6.45) is 5.18. The highest BCUT2D eigenvalue weighted by Gasteiger charge is 2.53. The molecule has 0 aromatic heterocycles. The van der Waals surface area contributed by atoms with E-state index in [1.807, 2.05) is 19.1 Å². The number of methoxy groups -OCH3 is 2. The number of imide groups is 2. The maximum absolute atomic E-state index is 14.1. The fourth-order valence-corrected chi connectivity index (χ4v) is 9.92. The standard InChI is InChI=1S/C62H80N4O17/c1-7-61(2,3)55(71)58(74)65-31-11-8-21-47(65)59(75)83-48(26-23-41-24-27-49(77-5)51(38-41)78-6)42-16-14-17-43(39-42)63-52(69)28-25-44(67)18-9-12-32-79-34-36-81-37-35-80-33-13-10-19-45(68)40-82-50-22-15-20-46-54(50)57(73)66(56(46)72)62(4)30-29-53(70)64-60(62)76/h14-17,20,22,24,27,38-39,47-48H,7-13,18-19,21,23,25-26,28-37,40H2,1-6H3,(H,63,69)(H,64,70,76)/t47-,48?,62?/m0/s1. The summed E-state index contributed by atoms with van der Waals surface area (Å²) >= 11 is 0. The molecule has 21 heteroatoms. The van der Waals surface area contributed by atoms with Gasteiger partial charge in [-0.25, -0.2) is 4.79 Å². The van der Waals surface area contributed by atoms with Crippen molar-refractivity contribution in [3.8, 4) is 17.2 Å². The van der Waals surface area contributed by atoms with Gasteiger partial charge in [0.05, 0.1) is 51.8 Å². The number of ether oxygens (including phenoxy) is 7. The van der Waals surface area contributed by atoms with Crippen LogP contribution in [0, 0.1) is 5.41 Å². The Bertz CT molecular complexity index is 2830. The Morgan fingerprint density at radius 1 is 0.747 bits per heavy atom. The minimum atomic E-state index is -1.54. The zero-order valence-electron chi connectivity index (χ0n) is 48.7. The van der Waals surface area contributed by atoms with Crippen LogP contribution in [0.3, 0.4) is 0 Å². The number of nitrogens with one attached hydrogen (secondary N) is 2. The first-order valence-electron chi connectivity index (χ1n) is 28.7. The molecule has 3 atom stereocenters. The number of nitrogens with zero attached hydrogens (tertiary/aromatic N) is 2. The van der Waals surface area contributed by atoms with Crippen LogP contribution in [0.1, 0.15) is 162 Å². The second-order valence-corrected chi connectivity index (χ2v) is 21.8. The lowest BCUT2D eigenvalue weighted by atomic mass is 9.84. The Balaban J connectivity index is 0.826. The molecule has 0 radical (unpaired) electrons. The van der Waals surface area contributed by atoms with E-state index in [9.17, 15) is 47.9 Å². The van der Waals surface area contributed by atoms with Gasteiger partial charge < -0.3 is 43.4 Å². The van der Waals surface area contributed by atoms with Gasteiger partial charge in [0.1, 0.15) is 35.8 Å². The molecule has 6 rings (SSSR count). The Hall–Kier alpha value is -7.36. The third-order valence-electron chi connectivity index (χ3n) is 15.4. The van der Waals surface area contributed by atoms with Crippen molar-refractivity contribution in [2.45, 2.75) is 148 Å². The molecule has 0 aliphatic carbocycles. The number of hydrogen-bond donors (Lipinski definition) is 2. The highest BCUT2D eigenvalue weighted by atomic mass is 16.6. The number of esters is 1. The van der Waals surface area contributed by atoms with E-state index in [2.05, 4.69) is 10.6 Å². The minimum absolute atomic E-state index is 0.00622. The quantitative estimate of drug-likeness (QED) is 0.0251. The Kier molecular flexibility index (Phi) is 24.5. The van der Waals surface area contributed by atoms with E-state index in [0.29, 0.717) is 133 Å². The van der Waals surface area contributed by atoms with Gasteiger partial charge in [0.2, 0.25) is 17.6 Å². The molecule has 0 spiro atoms. The number of rotatable bonds is 35. The SMILES string of the molecule is CCC(C)(C)C(=O)C(=O)N1CCCC[C@H]1C(=O)OC(CCc1ccc(OC)c(OC)c1)c1cccc(NC(=O)CCC(=O)CCCCOCCOCCOCCCCC(=O)COc2cccc3c2C(=O)N(C2(C)CCC(=O)NC2=O)C3=O)c1. The minimum Gasteiger partial charge on any atom is -0.493 e. The molecule has 2 saturated heterocycles. The number of anilines is 1. The highest BCUT2D eigenvalue weighted by Crippen LogP contribution is 2.38. The second-order valence-electron chi connectivity index (χ2n) is 21.8. The van der Waals surface area contributed by atoms with E-state index in [4.69, 9.17) is 33.2 Å². The molecule has 3 aromatic rings. The number of benzene rings is 3. The van der Waals surface area contributed by atoms with Gasteiger partial charge in [-0.2, -0.15) is 0 Å². The van der Waals surface area contributed by atoms with E-state index in [1.54, 1.807) is 58.4 Å². The highest BCUT2D eigenvalue weighted by molar-refractivity contribution is 6.38. The van der Waals surface area contributed by atoms with Crippen molar-refractivity contribution in [3.63, 3.8) is 0 Å². The zero-order valence-corrected chi connectivity index (χ0v) is 48.7. The summed E-state index contributed by atoms with van der Waals surface area (Å²) < 4.78 is 39.7. The average molecular weight is 1150 g/mol. The smallest absolute Gasteiger partial charge is 0.329 e. The zero-order chi connectivity index (χ0) is 60.1. The lowest BCUT2D eigenvalue weighted by Gasteiger charge is -2.38. The number of aryl methyl sites for hydroxylation is 1. The third-order valence-corrected chi connectivity index (χ3v) is 15.4. The summed E-state index contributed by atoms with van der Waals surface area (Å²) in [6, 6.07) is 16.1. The second kappa shape index (κ2) is 31.3. The summed E-state index contributed by atoms with van der Waals surface area (Å²) in [5.41, 5.74) is -0.402. The van der Waals surface area contributed by atoms with Crippen molar-refractivity contribution >= 4 is 64.4 Å². The monoisotopic (exact) mass is 1150 g/mol. The molecular formula is C62H80N4O17. The average Bonchev–Trinajstić information content (AvgIpc) is 2.00. The molecule has 450 valence electrons. The summed E-state index contributed by atoms with van der Waals surface area (Å²) in [4.78, 5) is 133. The van der Waals surface area contributed by atoms with Crippen LogP contribution in [0.25, 0.3) is 0 Å². The predicted molar refractivity (Wildman–Crippen MR) is 303 cm³/mol. The first-order valence-corrected chi connectivity index (χ1v) is 28.7. The Morgan fingerprint density at radius 3 is 2.10 bits per heavy atom. The van der Waals surface area contributed by atoms with Gasteiger partial charge in [-0.15, -0.1) is 0 Å². The third kappa shape index (κ3) is 17.8. The van der Waals surface area contributed by atoms with Crippen LogP contribution >= 0.6 is 0 Å². The van der Waals surface area contributed by atoms with Gasteiger partial charge in [-0.1, -0.05) is 45.0 Å². The van der Waals surface area contributed by atoms with Crippen LogP contribution in [0.5, 0.6) is 17.2 Å². The number of carbonyl (C=O) groups excluding carboxylic acids is 10. The summed E-state index contributed by atoms with van der Waals surface area (Å²) in [5, 5.41) is 5.08. The van der Waals surface area contributed by atoms with Crippen LogP contribution in [-0.2, 0) is 63.7 Å². The molecule has 83 heavy (non-hydrogen) atoms. The van der Waals surface area contributed by atoms with E-state index in [1.165, 1.54) is 30.0 Å². The number of fused-ring (bicyclic) bond motifs is 1. The van der Waals surface area contributed by atoms with Crippen molar-refractivity contribution in [3.05, 3.63) is 82.9 Å². The number of carbonyl (C=O) groups is 10. The molecule has 3 aromatic carbocycles. The van der Waals surface area contributed by atoms with Crippen molar-refractivity contribution < 1.29 is 81.1 Å². The first-order chi connectivity index (χ1) is 39.8. The van der Waals surface area contributed by atoms with Gasteiger partial charge in [0, 0.05) is 63.0 Å². The number of ketones is 3. The normalized spacial score (nSPS) is 17.3. The van der Waals surface area contributed by atoms with Crippen LogP contribution in [0.15, 0.2) is 60.7 Å². The molecule has 3 aliphatic rings. The molecule has 0 saturated carbocycles. The number of Topliss-reactive ketones (excluding diaryl/α,β-unsaturated/α-hetero) is 3. The molecule has 2 N–H and O–H groups in total. The van der Waals surface area contributed by atoms with E-state index >= 15 is 0 Å². The van der Waals surface area contributed by atoms with Gasteiger partial charge in [0.15, 0.2) is 17.3 Å². The molecule has 21 nitrogen and oxygen atoms in total. The van der Waals surface area contributed by atoms with E-state index < -0.39 is 64.4 Å². The number of unbranched alkanes of at least 4 members (excludes halogenated alkanes) is 2. The first kappa shape index (κ1) is 64.8. The number of amides is 6. The van der Waals surface area contributed by atoms with Crippen molar-refractivity contribution in [1.29, 1.82) is 0 Å². The Labute approximate surface area is 485 Å². The van der Waals surface area contributed by atoms with Gasteiger partial charge >= 0.3 is 5.97 Å². The summed E-state index contributed by atoms with van der Waals surface area (Å²) in [6.45, 7) is 9.01. The molecule has 3 aliphatic heterocycles. The summed E-state index contributed by atoms with van der Waals surface area (Å²) in [7, 11) is 3.10. The predicted octanol–water partition coefficient (Wildman–Crippen LogP) is 7.42. The van der Waals surface area contributed by atoms with Gasteiger partial charge in [-0.3, -0.25) is 53.4 Å². The molecule has 2 unspecified atom stereocenters. The van der Waals surface area contributed by atoms with Crippen LogP contribution in [0.4, 0.5) is 5.69 Å². The molecular weight excluding hydrogens is 1070 g/mol. The molecule has 3 heterocycles. The number of hydrogen-bond acceptors (Lipinski definition) is 17. The van der Waals surface area contributed by atoms with Crippen molar-refractivity contribution in [2.75, 3.05) is 72.3 Å². The van der Waals surface area contributed by atoms with E-state index in [0.717, 1.165) is 10.5 Å².